The van der Waals surface area contributed by atoms with Crippen LogP contribution < -0.4 is 0 Å². The molecule has 0 aliphatic carbocycles. The Hall–Kier alpha value is -2.00. The summed E-state index contributed by atoms with van der Waals surface area (Å²) < 4.78 is 2.64. The molecule has 3 rings (SSSR count). The van der Waals surface area contributed by atoms with Crippen LogP contribution in [0.2, 0.25) is 0 Å². The van der Waals surface area contributed by atoms with Crippen molar-refractivity contribution in [3.8, 4) is 0 Å². The zero-order valence-corrected chi connectivity index (χ0v) is 11.8. The molecule has 0 fully saturated rings. The van der Waals surface area contributed by atoms with E-state index in [9.17, 15) is 10.1 Å². The second-order valence-corrected chi connectivity index (χ2v) is 5.88. The summed E-state index contributed by atoms with van der Waals surface area (Å²) in [5.41, 5.74) is 0.958. The molecule has 9 heteroatoms. The number of nitro groups is 1. The fourth-order valence-corrected chi connectivity index (χ4v) is 3.55. The van der Waals surface area contributed by atoms with Gasteiger partial charge in [-0.25, -0.2) is 9.97 Å². The van der Waals surface area contributed by atoms with Gasteiger partial charge in [0, 0.05) is 5.75 Å². The third kappa shape index (κ3) is 2.63. The van der Waals surface area contributed by atoms with Gasteiger partial charge >= 0.3 is 5.69 Å². The molecule has 0 unspecified atom stereocenters. The first-order valence-corrected chi connectivity index (χ1v) is 7.58. The summed E-state index contributed by atoms with van der Waals surface area (Å²) in [4.78, 5) is 18.6. The fourth-order valence-electron chi connectivity index (χ4n) is 1.67. The molecule has 0 N–H and O–H groups in total. The first-order valence-electron chi connectivity index (χ1n) is 5.72. The van der Waals surface area contributed by atoms with E-state index in [4.69, 9.17) is 0 Å². The molecule has 0 aliphatic rings. The smallest absolute Gasteiger partial charge is 0.265 e. The van der Waals surface area contributed by atoms with Crippen molar-refractivity contribution < 1.29 is 4.92 Å². The van der Waals surface area contributed by atoms with Crippen molar-refractivity contribution in [2.75, 3.05) is 5.75 Å². The van der Waals surface area contributed by atoms with Crippen LogP contribution in [0.4, 0.5) is 5.69 Å². The van der Waals surface area contributed by atoms with Gasteiger partial charge in [0.2, 0.25) is 0 Å². The highest BCUT2D eigenvalue weighted by Gasteiger charge is 2.09. The Morgan fingerprint density at radius 1 is 1.45 bits per heavy atom. The minimum absolute atomic E-state index is 0.0117. The van der Waals surface area contributed by atoms with E-state index in [1.165, 1.54) is 12.4 Å². The Balaban J connectivity index is 1.64. The number of hydrogen-bond acceptors (Lipinski definition) is 7. The maximum absolute atomic E-state index is 10.6. The Labute approximate surface area is 121 Å². The van der Waals surface area contributed by atoms with Crippen LogP contribution in [0.3, 0.4) is 0 Å². The molecule has 0 atom stereocenters. The third-order valence-electron chi connectivity index (χ3n) is 2.60. The molecule has 3 heterocycles. The van der Waals surface area contributed by atoms with Crippen LogP contribution in [0.25, 0.3) is 10.2 Å². The number of thiophene rings is 1. The van der Waals surface area contributed by atoms with E-state index < -0.39 is 4.92 Å². The first kappa shape index (κ1) is 13.0. The standard InChI is InChI=1S/C11H9N5O2S2/c17-16(18)8-5-14-15(6-8)2-4-20-11-10-9(1-3-19-10)12-7-13-11/h1,3,5-7H,2,4H2. The van der Waals surface area contributed by atoms with Crippen molar-refractivity contribution >= 4 is 39.0 Å². The highest BCUT2D eigenvalue weighted by atomic mass is 32.2. The number of fused-ring (bicyclic) bond motifs is 1. The van der Waals surface area contributed by atoms with E-state index in [1.54, 1.807) is 34.1 Å². The molecule has 0 spiro atoms. The van der Waals surface area contributed by atoms with Gasteiger partial charge in [0.15, 0.2) is 0 Å². The van der Waals surface area contributed by atoms with Crippen molar-refractivity contribution in [3.63, 3.8) is 0 Å². The van der Waals surface area contributed by atoms with E-state index in [2.05, 4.69) is 15.1 Å². The Kier molecular flexibility index (Phi) is 3.61. The normalized spacial score (nSPS) is 11.0. The molecule has 0 bridgehead atoms. The molecular formula is C11H9N5O2S2. The molecular weight excluding hydrogens is 298 g/mol. The average Bonchev–Trinajstić information content (AvgIpc) is 3.07. The van der Waals surface area contributed by atoms with Gasteiger partial charge in [-0.3, -0.25) is 14.8 Å². The lowest BCUT2D eigenvalue weighted by molar-refractivity contribution is -0.385. The number of rotatable bonds is 5. The van der Waals surface area contributed by atoms with E-state index in [1.807, 2.05) is 11.4 Å². The largest absolute Gasteiger partial charge is 0.306 e. The lowest BCUT2D eigenvalue weighted by atomic mass is 10.5. The molecule has 3 aromatic heterocycles. The highest BCUT2D eigenvalue weighted by Crippen LogP contribution is 2.28. The van der Waals surface area contributed by atoms with Gasteiger partial charge in [0.25, 0.3) is 0 Å². The summed E-state index contributed by atoms with van der Waals surface area (Å²) in [5.74, 6) is 0.739. The van der Waals surface area contributed by atoms with Crippen molar-refractivity contribution in [3.05, 3.63) is 40.3 Å². The summed E-state index contributed by atoms with van der Waals surface area (Å²) in [7, 11) is 0. The third-order valence-corrected chi connectivity index (χ3v) is 4.61. The zero-order valence-electron chi connectivity index (χ0n) is 10.2. The Morgan fingerprint density at radius 2 is 2.35 bits per heavy atom. The molecule has 0 amide bonds. The van der Waals surface area contributed by atoms with E-state index in [0.717, 1.165) is 21.0 Å². The van der Waals surface area contributed by atoms with Crippen LogP contribution in [-0.2, 0) is 6.54 Å². The van der Waals surface area contributed by atoms with Gasteiger partial charge in [-0.15, -0.1) is 23.1 Å². The minimum Gasteiger partial charge on any atom is -0.265 e. The summed E-state index contributed by atoms with van der Waals surface area (Å²) in [5, 5.41) is 17.4. The Bertz CT molecular complexity index is 754. The summed E-state index contributed by atoms with van der Waals surface area (Å²) >= 11 is 3.21. The van der Waals surface area contributed by atoms with E-state index >= 15 is 0 Å². The molecule has 0 saturated carbocycles. The van der Waals surface area contributed by atoms with Crippen molar-refractivity contribution in [2.24, 2.45) is 0 Å². The van der Waals surface area contributed by atoms with Crippen LogP contribution in [0.1, 0.15) is 0 Å². The molecule has 3 aromatic rings. The minimum atomic E-state index is -0.448. The topological polar surface area (TPSA) is 86.7 Å². The molecule has 7 nitrogen and oxygen atoms in total. The van der Waals surface area contributed by atoms with E-state index in [0.29, 0.717) is 6.54 Å². The van der Waals surface area contributed by atoms with Gasteiger partial charge in [-0.1, -0.05) is 0 Å². The summed E-state index contributed by atoms with van der Waals surface area (Å²) in [6, 6.07) is 1.96. The van der Waals surface area contributed by atoms with Crippen LogP contribution in [0.15, 0.2) is 35.2 Å². The number of aromatic nitrogens is 4. The van der Waals surface area contributed by atoms with Crippen LogP contribution in [0.5, 0.6) is 0 Å². The highest BCUT2D eigenvalue weighted by molar-refractivity contribution is 7.99. The SMILES string of the molecule is O=[N+]([O-])c1cnn(CCSc2ncnc3ccsc23)c1. The first-order chi connectivity index (χ1) is 9.74. The zero-order chi connectivity index (χ0) is 13.9. The van der Waals surface area contributed by atoms with Gasteiger partial charge in [0.1, 0.15) is 23.7 Å². The van der Waals surface area contributed by atoms with Gasteiger partial charge in [-0.05, 0) is 11.4 Å². The van der Waals surface area contributed by atoms with Crippen LogP contribution in [-0.4, -0.2) is 30.4 Å². The maximum Gasteiger partial charge on any atom is 0.306 e. The lowest BCUT2D eigenvalue weighted by Crippen LogP contribution is -2.00. The molecule has 0 aliphatic heterocycles. The van der Waals surface area contributed by atoms with Crippen molar-refractivity contribution in [1.29, 1.82) is 0 Å². The van der Waals surface area contributed by atoms with Gasteiger partial charge < -0.3 is 0 Å². The number of hydrogen-bond donors (Lipinski definition) is 0. The summed E-state index contributed by atoms with van der Waals surface area (Å²) in [6.07, 6.45) is 4.24. The quantitative estimate of drug-likeness (QED) is 0.311. The number of thioether (sulfide) groups is 1. The second-order valence-electron chi connectivity index (χ2n) is 3.88. The number of aryl methyl sites for hydroxylation is 1. The molecule has 0 aromatic carbocycles. The van der Waals surface area contributed by atoms with Crippen molar-refractivity contribution in [1.82, 2.24) is 19.7 Å². The molecule has 0 saturated heterocycles. The van der Waals surface area contributed by atoms with E-state index in [-0.39, 0.29) is 5.69 Å². The molecule has 0 radical (unpaired) electrons. The lowest BCUT2D eigenvalue weighted by Gasteiger charge is -2.02. The summed E-state index contributed by atoms with van der Waals surface area (Å²) in [6.45, 7) is 0.593. The second kappa shape index (κ2) is 5.55. The maximum atomic E-state index is 10.6. The monoisotopic (exact) mass is 307 g/mol. The Morgan fingerprint density at radius 3 is 3.15 bits per heavy atom. The number of nitrogens with zero attached hydrogens (tertiary/aromatic N) is 5. The molecule has 102 valence electrons. The van der Waals surface area contributed by atoms with Gasteiger partial charge in [0.05, 0.1) is 21.7 Å². The molecule has 20 heavy (non-hydrogen) atoms. The fraction of sp³-hybridized carbons (Fsp3) is 0.182. The van der Waals surface area contributed by atoms with Crippen molar-refractivity contribution in [2.45, 2.75) is 11.6 Å². The van der Waals surface area contributed by atoms with Crippen LogP contribution >= 0.6 is 23.1 Å². The predicted molar refractivity (Wildman–Crippen MR) is 77.0 cm³/mol. The average molecular weight is 307 g/mol. The van der Waals surface area contributed by atoms with Crippen LogP contribution in [0, 0.1) is 10.1 Å². The predicted octanol–water partition coefficient (Wildman–Crippen LogP) is 2.59. The van der Waals surface area contributed by atoms with Gasteiger partial charge in [-0.2, -0.15) is 5.10 Å².